The predicted molar refractivity (Wildman–Crippen MR) is 77.5 cm³/mol. The van der Waals surface area contributed by atoms with Crippen molar-refractivity contribution in [1.82, 2.24) is 10.3 Å². The molecule has 1 aliphatic rings. The van der Waals surface area contributed by atoms with Crippen LogP contribution < -0.4 is 5.32 Å². The van der Waals surface area contributed by atoms with Crippen LogP contribution in [0, 0.1) is 0 Å². The zero-order valence-corrected chi connectivity index (χ0v) is 11.8. The molecule has 106 valence electrons. The number of fused-ring (bicyclic) bond motifs is 1. The third-order valence-electron chi connectivity index (χ3n) is 3.69. The Morgan fingerprint density at radius 1 is 1.30 bits per heavy atom. The van der Waals surface area contributed by atoms with Gasteiger partial charge in [-0.3, -0.25) is 0 Å². The zero-order chi connectivity index (χ0) is 13.8. The molecule has 0 unspecified atom stereocenters. The Labute approximate surface area is 119 Å². The molecule has 20 heavy (non-hydrogen) atoms. The van der Waals surface area contributed by atoms with Gasteiger partial charge in [-0.1, -0.05) is 6.07 Å². The van der Waals surface area contributed by atoms with Crippen LogP contribution in [0.3, 0.4) is 0 Å². The van der Waals surface area contributed by atoms with Gasteiger partial charge < -0.3 is 14.5 Å². The van der Waals surface area contributed by atoms with Crippen LogP contribution in [-0.2, 0) is 24.1 Å². The normalized spacial score (nSPS) is 13.7. The van der Waals surface area contributed by atoms with Gasteiger partial charge in [0, 0.05) is 25.8 Å². The molecule has 1 aromatic carbocycles. The van der Waals surface area contributed by atoms with Crippen molar-refractivity contribution >= 4 is 0 Å². The highest BCUT2D eigenvalue weighted by Gasteiger charge is 2.13. The van der Waals surface area contributed by atoms with Crippen molar-refractivity contribution in [3.63, 3.8) is 0 Å². The van der Waals surface area contributed by atoms with E-state index in [4.69, 9.17) is 9.15 Å². The van der Waals surface area contributed by atoms with E-state index in [1.54, 1.807) is 13.4 Å². The molecule has 1 heterocycles. The van der Waals surface area contributed by atoms with Gasteiger partial charge in [0.15, 0.2) is 0 Å². The quantitative estimate of drug-likeness (QED) is 0.821. The van der Waals surface area contributed by atoms with Crippen LogP contribution in [-0.4, -0.2) is 25.2 Å². The summed E-state index contributed by atoms with van der Waals surface area (Å²) in [6.45, 7) is 2.23. The minimum absolute atomic E-state index is 0.704. The maximum atomic E-state index is 5.59. The molecule has 0 bridgehead atoms. The van der Waals surface area contributed by atoms with Gasteiger partial charge in [0.1, 0.15) is 6.26 Å². The van der Waals surface area contributed by atoms with Crippen molar-refractivity contribution in [3.05, 3.63) is 41.3 Å². The Morgan fingerprint density at radius 2 is 2.20 bits per heavy atom. The van der Waals surface area contributed by atoms with E-state index in [2.05, 4.69) is 28.5 Å². The fourth-order valence-corrected chi connectivity index (χ4v) is 2.62. The van der Waals surface area contributed by atoms with Crippen LogP contribution in [0.5, 0.6) is 0 Å². The summed E-state index contributed by atoms with van der Waals surface area (Å²) in [5.41, 5.74) is 4.92. The smallest absolute Gasteiger partial charge is 0.226 e. The lowest BCUT2D eigenvalue weighted by Crippen LogP contribution is -2.18. The number of aryl methyl sites for hydroxylation is 2. The third kappa shape index (κ3) is 2.92. The summed E-state index contributed by atoms with van der Waals surface area (Å²) in [6.07, 6.45) is 5.37. The Kier molecular flexibility index (Phi) is 4.14. The molecule has 0 spiro atoms. The molecule has 2 aromatic rings. The Morgan fingerprint density at radius 3 is 3.10 bits per heavy atom. The lowest BCUT2D eigenvalue weighted by Gasteiger charge is -2.01. The van der Waals surface area contributed by atoms with Gasteiger partial charge in [-0.25, -0.2) is 4.98 Å². The van der Waals surface area contributed by atoms with Gasteiger partial charge in [0.05, 0.1) is 12.3 Å². The molecular weight excluding hydrogens is 252 g/mol. The standard InChI is InChI=1S/C16H20N2O2/c1-19-8-7-17-10-15-11-20-16(18-15)14-6-5-12-3-2-4-13(12)9-14/h5-6,9,11,17H,2-4,7-8,10H2,1H3. The highest BCUT2D eigenvalue weighted by atomic mass is 16.5. The van der Waals surface area contributed by atoms with E-state index in [9.17, 15) is 0 Å². The summed E-state index contributed by atoms with van der Waals surface area (Å²) in [4.78, 5) is 4.53. The molecule has 4 heteroatoms. The first-order chi connectivity index (χ1) is 9.86. The maximum absolute atomic E-state index is 5.59. The number of nitrogens with one attached hydrogen (secondary N) is 1. The van der Waals surface area contributed by atoms with Crippen LogP contribution >= 0.6 is 0 Å². The van der Waals surface area contributed by atoms with E-state index in [1.165, 1.54) is 30.4 Å². The number of hydrogen-bond acceptors (Lipinski definition) is 4. The van der Waals surface area contributed by atoms with Crippen molar-refractivity contribution in [3.8, 4) is 11.5 Å². The Balaban J connectivity index is 1.67. The number of hydrogen-bond donors (Lipinski definition) is 1. The largest absolute Gasteiger partial charge is 0.444 e. The summed E-state index contributed by atoms with van der Waals surface area (Å²) in [7, 11) is 1.70. The predicted octanol–water partition coefficient (Wildman–Crippen LogP) is 2.57. The number of ether oxygens (including phenoxy) is 1. The number of aromatic nitrogens is 1. The first kappa shape index (κ1) is 13.3. The molecule has 1 N–H and O–H groups in total. The topological polar surface area (TPSA) is 47.3 Å². The second-order valence-electron chi connectivity index (χ2n) is 5.15. The van der Waals surface area contributed by atoms with E-state index in [1.807, 2.05) is 0 Å². The first-order valence-corrected chi connectivity index (χ1v) is 7.13. The van der Waals surface area contributed by atoms with Gasteiger partial charge in [0.25, 0.3) is 0 Å². The summed E-state index contributed by atoms with van der Waals surface area (Å²) in [5.74, 6) is 0.711. The van der Waals surface area contributed by atoms with E-state index in [-0.39, 0.29) is 0 Å². The second-order valence-corrected chi connectivity index (χ2v) is 5.15. The number of rotatable bonds is 6. The summed E-state index contributed by atoms with van der Waals surface area (Å²) >= 11 is 0. The van der Waals surface area contributed by atoms with Gasteiger partial charge >= 0.3 is 0 Å². The van der Waals surface area contributed by atoms with E-state index in [0.717, 1.165) is 17.8 Å². The number of oxazole rings is 1. The molecule has 0 radical (unpaired) electrons. The minimum Gasteiger partial charge on any atom is -0.444 e. The summed E-state index contributed by atoms with van der Waals surface area (Å²) in [5, 5.41) is 3.26. The SMILES string of the molecule is COCCNCc1coc(-c2ccc3c(c2)CCC3)n1. The number of benzene rings is 1. The van der Waals surface area contributed by atoms with E-state index < -0.39 is 0 Å². The van der Waals surface area contributed by atoms with E-state index >= 15 is 0 Å². The number of nitrogens with zero attached hydrogens (tertiary/aromatic N) is 1. The molecule has 0 saturated heterocycles. The van der Waals surface area contributed by atoms with Crippen LogP contribution in [0.1, 0.15) is 23.2 Å². The minimum atomic E-state index is 0.704. The highest BCUT2D eigenvalue weighted by molar-refractivity contribution is 5.56. The van der Waals surface area contributed by atoms with Crippen molar-refractivity contribution < 1.29 is 9.15 Å². The zero-order valence-electron chi connectivity index (χ0n) is 11.8. The van der Waals surface area contributed by atoms with Crippen molar-refractivity contribution in [1.29, 1.82) is 0 Å². The molecule has 0 atom stereocenters. The van der Waals surface area contributed by atoms with Crippen LogP contribution in [0.25, 0.3) is 11.5 Å². The Bertz CT molecular complexity index is 578. The first-order valence-electron chi connectivity index (χ1n) is 7.13. The van der Waals surface area contributed by atoms with Crippen LogP contribution in [0.4, 0.5) is 0 Å². The fourth-order valence-electron chi connectivity index (χ4n) is 2.62. The molecule has 0 saturated carbocycles. The molecule has 0 fully saturated rings. The van der Waals surface area contributed by atoms with Crippen molar-refractivity contribution in [2.24, 2.45) is 0 Å². The van der Waals surface area contributed by atoms with Gasteiger partial charge in [0.2, 0.25) is 5.89 Å². The van der Waals surface area contributed by atoms with Crippen LogP contribution in [0.2, 0.25) is 0 Å². The highest BCUT2D eigenvalue weighted by Crippen LogP contribution is 2.27. The monoisotopic (exact) mass is 272 g/mol. The van der Waals surface area contributed by atoms with Gasteiger partial charge in [-0.05, 0) is 42.5 Å². The third-order valence-corrected chi connectivity index (χ3v) is 3.69. The van der Waals surface area contributed by atoms with Gasteiger partial charge in [-0.2, -0.15) is 0 Å². The lowest BCUT2D eigenvalue weighted by molar-refractivity contribution is 0.199. The average molecular weight is 272 g/mol. The van der Waals surface area contributed by atoms with E-state index in [0.29, 0.717) is 19.0 Å². The van der Waals surface area contributed by atoms with Gasteiger partial charge in [-0.15, -0.1) is 0 Å². The summed E-state index contributed by atoms with van der Waals surface area (Å²) < 4.78 is 10.6. The maximum Gasteiger partial charge on any atom is 0.226 e. The van der Waals surface area contributed by atoms with Crippen LogP contribution in [0.15, 0.2) is 28.9 Å². The number of methoxy groups -OCH3 is 1. The lowest BCUT2D eigenvalue weighted by atomic mass is 10.1. The van der Waals surface area contributed by atoms with Crippen molar-refractivity contribution in [2.45, 2.75) is 25.8 Å². The fraction of sp³-hybridized carbons (Fsp3) is 0.438. The molecule has 0 amide bonds. The average Bonchev–Trinajstić information content (AvgIpc) is 3.11. The molecule has 1 aromatic heterocycles. The van der Waals surface area contributed by atoms with Crippen molar-refractivity contribution in [2.75, 3.05) is 20.3 Å². The molecular formula is C16H20N2O2. The molecule has 1 aliphatic carbocycles. The molecule has 3 rings (SSSR count). The molecule has 0 aliphatic heterocycles. The summed E-state index contributed by atoms with van der Waals surface area (Å²) in [6, 6.07) is 6.53. The molecule has 4 nitrogen and oxygen atoms in total. The Hall–Kier alpha value is -1.65. The second kappa shape index (κ2) is 6.20.